The molecule has 0 aliphatic carbocycles. The van der Waals surface area contributed by atoms with Crippen LogP contribution in [0.3, 0.4) is 0 Å². The summed E-state index contributed by atoms with van der Waals surface area (Å²) in [6.07, 6.45) is 0. The van der Waals surface area contributed by atoms with Crippen molar-refractivity contribution in [3.63, 3.8) is 0 Å². The maximum absolute atomic E-state index is 2.43. The molecule has 5 heteroatoms. The molecule has 10 aromatic carbocycles. The summed E-state index contributed by atoms with van der Waals surface area (Å²) < 4.78 is 0. The van der Waals surface area contributed by atoms with E-state index in [2.05, 4.69) is 303 Å². The van der Waals surface area contributed by atoms with Gasteiger partial charge in [0.15, 0.2) is 0 Å². The zero-order chi connectivity index (χ0) is 43.3. The smallest absolute Gasteiger partial charge is 0.0631 e. The molecular weight excluding hydrogens is 1030 g/mol. The second-order valence-electron chi connectivity index (χ2n) is 15.9. The van der Waals surface area contributed by atoms with E-state index < -0.39 is 31.8 Å². The normalized spacial score (nSPS) is 11.2. The van der Waals surface area contributed by atoms with Crippen LogP contribution in [0.5, 0.6) is 0 Å². The summed E-state index contributed by atoms with van der Waals surface area (Å²) >= 11 is 0. The van der Waals surface area contributed by atoms with Gasteiger partial charge in [0.05, 0.1) is 0 Å². The Kier molecular flexibility index (Phi) is 15.6. The zero-order valence-electron chi connectivity index (χ0n) is 36.6. The van der Waals surface area contributed by atoms with E-state index in [4.69, 9.17) is 0 Å². The molecule has 0 nitrogen and oxygen atoms in total. The van der Waals surface area contributed by atoms with Gasteiger partial charge in [-0.15, -0.1) is 0 Å². The Morgan fingerprint density at radius 2 is 0.292 bits per heavy atom. The van der Waals surface area contributed by atoms with Gasteiger partial charge >= 0.3 is 0 Å². The third kappa shape index (κ3) is 9.55. The maximum Gasteiger partial charge on any atom is 0.147 e. The van der Waals surface area contributed by atoms with Crippen molar-refractivity contribution in [1.82, 2.24) is 0 Å². The predicted octanol–water partition coefficient (Wildman–Crippen LogP) is 7.09. The average molecular weight is 1080 g/mol. The topological polar surface area (TPSA) is 0 Å². The quantitative estimate of drug-likeness (QED) is 0.0908. The SMILES string of the molecule is [Hg].c1ccc([Si](c2ccccc2)[Si](c2ccccc2)(c2ccccc2)c2ccccc2)cc1.c1ccc([Si](c2ccccc2)[Si](c2ccccc2)(c2ccccc2)c2ccccc2)cc1. The fraction of sp³-hybridized carbons (Fsp3) is 0. The van der Waals surface area contributed by atoms with Gasteiger partial charge in [-0.05, 0) is 0 Å². The molecule has 0 aliphatic heterocycles. The van der Waals surface area contributed by atoms with Crippen LogP contribution in [0, 0.1) is 0 Å². The van der Waals surface area contributed by atoms with Crippen LogP contribution in [0.1, 0.15) is 0 Å². The molecule has 0 aromatic heterocycles. The third-order valence-corrected chi connectivity index (χ3v) is 37.7. The van der Waals surface area contributed by atoms with Crippen LogP contribution in [0.4, 0.5) is 0 Å². The van der Waals surface area contributed by atoms with Crippen molar-refractivity contribution in [2.24, 2.45) is 0 Å². The maximum atomic E-state index is 2.36. The van der Waals surface area contributed by atoms with E-state index in [1.165, 1.54) is 51.9 Å². The van der Waals surface area contributed by atoms with E-state index in [0.717, 1.165) is 0 Å². The van der Waals surface area contributed by atoms with E-state index >= 15 is 0 Å². The van der Waals surface area contributed by atoms with Gasteiger partial charge in [-0.3, -0.25) is 0 Å². The molecule has 10 aromatic rings. The Balaban J connectivity index is 0.000000175. The van der Waals surface area contributed by atoms with E-state index in [1.54, 1.807) is 0 Å². The fourth-order valence-electron chi connectivity index (χ4n) is 9.61. The van der Waals surface area contributed by atoms with E-state index in [0.29, 0.717) is 0 Å². The first-order valence-corrected chi connectivity index (χ1v) is 31.1. The Bertz CT molecular complexity index is 2420. The van der Waals surface area contributed by atoms with Crippen molar-refractivity contribution in [3.05, 3.63) is 303 Å². The number of benzene rings is 10. The molecule has 10 rings (SSSR count). The molecule has 0 spiro atoms. The molecule has 308 valence electrons. The summed E-state index contributed by atoms with van der Waals surface area (Å²) in [5.41, 5.74) is 0. The van der Waals surface area contributed by atoms with Crippen molar-refractivity contribution < 1.29 is 27.7 Å². The van der Waals surface area contributed by atoms with Gasteiger partial charge in [0.2, 0.25) is 0 Å². The minimum absolute atomic E-state index is 0. The number of hydrogen-bond donors (Lipinski definition) is 0. The van der Waals surface area contributed by atoms with E-state index in [1.807, 2.05) is 0 Å². The van der Waals surface area contributed by atoms with Crippen molar-refractivity contribution in [2.45, 2.75) is 0 Å². The second kappa shape index (κ2) is 22.3. The van der Waals surface area contributed by atoms with Gasteiger partial charge in [-0.1, -0.05) is 355 Å². The van der Waals surface area contributed by atoms with Crippen LogP contribution in [0.15, 0.2) is 303 Å². The van der Waals surface area contributed by atoms with Gasteiger partial charge in [0, 0.05) is 27.7 Å². The zero-order valence-corrected chi connectivity index (χ0v) is 46.1. The first-order chi connectivity index (χ1) is 31.8. The van der Waals surface area contributed by atoms with E-state index in [-0.39, 0.29) is 27.7 Å². The van der Waals surface area contributed by atoms with Gasteiger partial charge < -0.3 is 0 Å². The number of rotatable bonds is 12. The molecular formula is C60H50HgSi4. The predicted molar refractivity (Wildman–Crippen MR) is 284 cm³/mol. The molecule has 0 N–H and O–H groups in total. The fourth-order valence-corrected chi connectivity index (χ4v) is 37.4. The Morgan fingerprint density at radius 3 is 0.431 bits per heavy atom. The van der Waals surface area contributed by atoms with Crippen LogP contribution in [-0.2, 0) is 27.7 Å². The summed E-state index contributed by atoms with van der Waals surface area (Å²) in [5, 5.41) is 14.7. The van der Waals surface area contributed by atoms with Gasteiger partial charge in [0.25, 0.3) is 0 Å². The van der Waals surface area contributed by atoms with Gasteiger partial charge in [-0.2, -0.15) is 0 Å². The number of hydrogen-bond acceptors (Lipinski definition) is 0. The van der Waals surface area contributed by atoms with Crippen LogP contribution in [-0.4, -0.2) is 31.8 Å². The average Bonchev–Trinajstić information content (AvgIpc) is 3.40. The van der Waals surface area contributed by atoms with Crippen molar-refractivity contribution in [1.29, 1.82) is 0 Å². The van der Waals surface area contributed by atoms with Crippen LogP contribution in [0.25, 0.3) is 0 Å². The molecule has 0 atom stereocenters. The molecule has 0 unspecified atom stereocenters. The van der Waals surface area contributed by atoms with E-state index in [9.17, 15) is 0 Å². The monoisotopic (exact) mass is 1080 g/mol. The summed E-state index contributed by atoms with van der Waals surface area (Å²) in [7, 11) is -7.30. The molecule has 2 radical (unpaired) electrons. The standard InChI is InChI=1S/2C30H25Si2.Hg/c2*1-6-16-26(17-7-1)31(27-18-8-2-9-19-27)32(28-20-10-3-11-21-28,29-22-12-4-13-23-29)30-24-14-5-15-25-30;/h2*1-25H;. The molecule has 0 amide bonds. The molecule has 0 heterocycles. The van der Waals surface area contributed by atoms with Crippen LogP contribution < -0.4 is 51.9 Å². The second-order valence-corrected chi connectivity index (χ2v) is 33.7. The Morgan fingerprint density at radius 1 is 0.169 bits per heavy atom. The van der Waals surface area contributed by atoms with Crippen molar-refractivity contribution in [2.75, 3.05) is 0 Å². The Labute approximate surface area is 411 Å². The molecule has 0 bridgehead atoms. The summed E-state index contributed by atoms with van der Waals surface area (Å²) in [6.45, 7) is 0. The Hall–Kier alpha value is -6.00. The van der Waals surface area contributed by atoms with Crippen LogP contribution in [0.2, 0.25) is 0 Å². The van der Waals surface area contributed by atoms with Crippen molar-refractivity contribution in [3.8, 4) is 0 Å². The first kappa shape index (κ1) is 45.6. The minimum atomic E-state index is -2.43. The molecule has 0 aliphatic rings. The molecule has 65 heavy (non-hydrogen) atoms. The summed E-state index contributed by atoms with van der Waals surface area (Å²) in [4.78, 5) is 0. The molecule has 0 saturated heterocycles. The summed E-state index contributed by atoms with van der Waals surface area (Å²) in [6, 6.07) is 113. The van der Waals surface area contributed by atoms with Gasteiger partial charge in [0.1, 0.15) is 31.8 Å². The van der Waals surface area contributed by atoms with Gasteiger partial charge in [-0.25, -0.2) is 0 Å². The van der Waals surface area contributed by atoms with Crippen LogP contribution >= 0.6 is 0 Å². The summed E-state index contributed by atoms with van der Waals surface area (Å²) in [5.74, 6) is 0. The third-order valence-electron chi connectivity index (χ3n) is 12.2. The largest absolute Gasteiger partial charge is 0.147 e. The minimum Gasteiger partial charge on any atom is -0.0631 e. The molecule has 0 saturated carbocycles. The van der Waals surface area contributed by atoms with Crippen molar-refractivity contribution >= 4 is 83.7 Å². The first-order valence-electron chi connectivity index (χ1n) is 22.1. The molecule has 0 fully saturated rings.